The molecule has 0 unspecified atom stereocenters. The highest BCUT2D eigenvalue weighted by atomic mass is 32.1. The average molecular weight is 296 g/mol. The van der Waals surface area contributed by atoms with Crippen molar-refractivity contribution in [2.24, 2.45) is 0 Å². The standard InChI is InChI=1S/C14H8N4O2S/c19-12-11-10(17-14(20)18-12)8-1-2-9(16-13(8)21-11)7-3-5-15-6-4-7/h1-6H,(H2,17,18,19,20). The number of rotatable bonds is 1. The fraction of sp³-hybridized carbons (Fsp3) is 0. The van der Waals surface area contributed by atoms with Crippen LogP contribution in [0, 0.1) is 0 Å². The van der Waals surface area contributed by atoms with Crippen LogP contribution in [-0.4, -0.2) is 19.9 Å². The first-order chi connectivity index (χ1) is 10.2. The lowest BCUT2D eigenvalue weighted by molar-refractivity contribution is 1.09. The van der Waals surface area contributed by atoms with Crippen molar-refractivity contribution in [2.45, 2.75) is 0 Å². The van der Waals surface area contributed by atoms with Gasteiger partial charge in [-0.25, -0.2) is 9.78 Å². The number of nitrogens with one attached hydrogen (secondary N) is 2. The Labute approximate surface area is 121 Å². The van der Waals surface area contributed by atoms with Gasteiger partial charge < -0.3 is 4.98 Å². The van der Waals surface area contributed by atoms with Gasteiger partial charge >= 0.3 is 5.69 Å². The second-order valence-electron chi connectivity index (χ2n) is 4.50. The summed E-state index contributed by atoms with van der Waals surface area (Å²) in [6.45, 7) is 0. The molecule has 2 N–H and O–H groups in total. The van der Waals surface area contributed by atoms with Gasteiger partial charge in [-0.2, -0.15) is 0 Å². The van der Waals surface area contributed by atoms with Gasteiger partial charge in [0.05, 0.1) is 11.2 Å². The fourth-order valence-corrected chi connectivity index (χ4v) is 3.27. The summed E-state index contributed by atoms with van der Waals surface area (Å²) >= 11 is 1.27. The van der Waals surface area contributed by atoms with Crippen molar-refractivity contribution in [3.63, 3.8) is 0 Å². The summed E-state index contributed by atoms with van der Waals surface area (Å²) < 4.78 is 0.476. The highest BCUT2D eigenvalue weighted by Gasteiger charge is 2.11. The van der Waals surface area contributed by atoms with Crippen molar-refractivity contribution >= 4 is 31.8 Å². The number of aromatic nitrogens is 4. The monoisotopic (exact) mass is 296 g/mol. The van der Waals surface area contributed by atoms with Crippen LogP contribution in [0.1, 0.15) is 0 Å². The lowest BCUT2D eigenvalue weighted by atomic mass is 10.1. The van der Waals surface area contributed by atoms with Crippen LogP contribution >= 0.6 is 11.3 Å². The number of aromatic amines is 2. The minimum atomic E-state index is -0.509. The molecule has 0 aromatic carbocycles. The maximum atomic E-state index is 11.8. The van der Waals surface area contributed by atoms with Gasteiger partial charge in [0.1, 0.15) is 9.53 Å². The number of hydrogen-bond acceptors (Lipinski definition) is 5. The molecule has 102 valence electrons. The summed E-state index contributed by atoms with van der Waals surface area (Å²) in [6, 6.07) is 7.47. The second-order valence-corrected chi connectivity index (χ2v) is 5.50. The number of H-pyrrole nitrogens is 2. The van der Waals surface area contributed by atoms with Crippen molar-refractivity contribution in [3.8, 4) is 11.3 Å². The normalized spacial score (nSPS) is 11.2. The minimum Gasteiger partial charge on any atom is -0.305 e. The van der Waals surface area contributed by atoms with E-state index >= 15 is 0 Å². The van der Waals surface area contributed by atoms with Gasteiger partial charge in [-0.1, -0.05) is 0 Å². The summed E-state index contributed by atoms with van der Waals surface area (Å²) in [5.41, 5.74) is 1.40. The van der Waals surface area contributed by atoms with E-state index in [1.54, 1.807) is 12.4 Å². The molecule has 0 spiro atoms. The third-order valence-corrected chi connectivity index (χ3v) is 4.30. The van der Waals surface area contributed by atoms with Crippen LogP contribution in [0.2, 0.25) is 0 Å². The van der Waals surface area contributed by atoms with Gasteiger partial charge in [0, 0.05) is 23.3 Å². The molecule has 4 rings (SSSR count). The Balaban J connectivity index is 2.06. The molecule has 4 aromatic heterocycles. The molecule has 0 atom stereocenters. The fourth-order valence-electron chi connectivity index (χ4n) is 2.25. The summed E-state index contributed by atoms with van der Waals surface area (Å²) in [5.74, 6) is 0. The number of nitrogens with zero attached hydrogens (tertiary/aromatic N) is 2. The Bertz CT molecular complexity index is 1080. The smallest absolute Gasteiger partial charge is 0.305 e. The number of hydrogen-bond donors (Lipinski definition) is 2. The Morgan fingerprint density at radius 1 is 1.00 bits per heavy atom. The van der Waals surface area contributed by atoms with E-state index in [4.69, 9.17) is 0 Å². The largest absolute Gasteiger partial charge is 0.326 e. The van der Waals surface area contributed by atoms with Crippen molar-refractivity contribution in [1.82, 2.24) is 19.9 Å². The van der Waals surface area contributed by atoms with Crippen molar-refractivity contribution in [1.29, 1.82) is 0 Å². The van der Waals surface area contributed by atoms with E-state index in [9.17, 15) is 9.59 Å². The molecule has 0 aliphatic rings. The first-order valence-electron chi connectivity index (χ1n) is 6.18. The molecule has 7 heteroatoms. The summed E-state index contributed by atoms with van der Waals surface area (Å²) in [5, 5.41) is 0.774. The molecule has 0 aliphatic heterocycles. The predicted molar refractivity (Wildman–Crippen MR) is 81.6 cm³/mol. The lowest BCUT2D eigenvalue weighted by Crippen LogP contribution is -2.20. The Kier molecular flexibility index (Phi) is 2.48. The molecule has 0 saturated heterocycles. The summed E-state index contributed by atoms with van der Waals surface area (Å²) in [6.07, 6.45) is 3.41. The second kappa shape index (κ2) is 4.35. The van der Waals surface area contributed by atoms with Crippen LogP contribution in [0.5, 0.6) is 0 Å². The zero-order valence-electron chi connectivity index (χ0n) is 10.6. The van der Waals surface area contributed by atoms with Gasteiger partial charge in [-0.05, 0) is 24.3 Å². The van der Waals surface area contributed by atoms with Crippen LogP contribution in [0.15, 0.2) is 46.2 Å². The van der Waals surface area contributed by atoms with E-state index in [1.165, 1.54) is 11.3 Å². The van der Waals surface area contributed by atoms with Crippen LogP contribution in [0.25, 0.3) is 31.7 Å². The quantitative estimate of drug-likeness (QED) is 0.561. The van der Waals surface area contributed by atoms with E-state index in [-0.39, 0.29) is 5.56 Å². The SMILES string of the molecule is O=c1[nH]c(=O)c2sc3nc(-c4ccncc4)ccc3c2[nH]1. The molecule has 0 radical (unpaired) electrons. The maximum absolute atomic E-state index is 11.8. The third kappa shape index (κ3) is 1.86. The van der Waals surface area contributed by atoms with E-state index in [0.29, 0.717) is 15.0 Å². The Hall–Kier alpha value is -2.80. The molecule has 6 nitrogen and oxygen atoms in total. The first kappa shape index (κ1) is 12.0. The van der Waals surface area contributed by atoms with E-state index in [2.05, 4.69) is 19.9 Å². The number of fused-ring (bicyclic) bond motifs is 3. The minimum absolute atomic E-state index is 0.387. The molecule has 0 bridgehead atoms. The number of pyridine rings is 2. The molecular weight excluding hydrogens is 288 g/mol. The highest BCUT2D eigenvalue weighted by molar-refractivity contribution is 7.25. The average Bonchev–Trinajstić information content (AvgIpc) is 2.86. The van der Waals surface area contributed by atoms with E-state index < -0.39 is 5.69 Å². The lowest BCUT2D eigenvalue weighted by Gasteiger charge is -1.99. The van der Waals surface area contributed by atoms with Crippen LogP contribution in [0.3, 0.4) is 0 Å². The van der Waals surface area contributed by atoms with Gasteiger partial charge in [-0.15, -0.1) is 11.3 Å². The summed E-state index contributed by atoms with van der Waals surface area (Å²) in [4.78, 5) is 37.4. The van der Waals surface area contributed by atoms with Crippen LogP contribution in [-0.2, 0) is 0 Å². The van der Waals surface area contributed by atoms with Gasteiger partial charge in [-0.3, -0.25) is 14.8 Å². The van der Waals surface area contributed by atoms with Crippen molar-refractivity contribution in [2.75, 3.05) is 0 Å². The summed E-state index contributed by atoms with van der Waals surface area (Å²) in [7, 11) is 0. The molecule has 0 saturated carbocycles. The Morgan fingerprint density at radius 3 is 2.62 bits per heavy atom. The van der Waals surface area contributed by atoms with Crippen molar-refractivity contribution in [3.05, 3.63) is 57.5 Å². The first-order valence-corrected chi connectivity index (χ1v) is 7.00. The van der Waals surface area contributed by atoms with Gasteiger partial charge in [0.2, 0.25) is 0 Å². The maximum Gasteiger partial charge on any atom is 0.326 e. The highest BCUT2D eigenvalue weighted by Crippen LogP contribution is 2.30. The zero-order chi connectivity index (χ0) is 14.4. The zero-order valence-corrected chi connectivity index (χ0v) is 11.4. The molecule has 0 aliphatic carbocycles. The van der Waals surface area contributed by atoms with E-state index in [0.717, 1.165) is 16.6 Å². The Morgan fingerprint density at radius 2 is 1.81 bits per heavy atom. The van der Waals surface area contributed by atoms with E-state index in [1.807, 2.05) is 24.3 Å². The van der Waals surface area contributed by atoms with Crippen molar-refractivity contribution < 1.29 is 0 Å². The molecule has 4 heterocycles. The molecular formula is C14H8N4O2S. The van der Waals surface area contributed by atoms with Gasteiger partial charge in [0.15, 0.2) is 0 Å². The molecule has 0 amide bonds. The van der Waals surface area contributed by atoms with Crippen LogP contribution < -0.4 is 11.2 Å². The molecule has 0 fully saturated rings. The molecule has 21 heavy (non-hydrogen) atoms. The number of thiophene rings is 1. The topological polar surface area (TPSA) is 91.5 Å². The van der Waals surface area contributed by atoms with Gasteiger partial charge in [0.25, 0.3) is 5.56 Å². The molecule has 4 aromatic rings. The van der Waals surface area contributed by atoms with Crippen LogP contribution in [0.4, 0.5) is 0 Å². The predicted octanol–water partition coefficient (Wildman–Crippen LogP) is 1.89. The third-order valence-electron chi connectivity index (χ3n) is 3.20.